The topological polar surface area (TPSA) is 32.3 Å². The second-order valence-corrected chi connectivity index (χ2v) is 8.63. The van der Waals surface area contributed by atoms with Crippen LogP contribution in [0, 0.1) is 11.8 Å². The maximum Gasteiger partial charge on any atom is 0.217 e. The lowest BCUT2D eigenvalue weighted by atomic mass is 9.86. The lowest BCUT2D eigenvalue weighted by Crippen LogP contribution is -2.36. The van der Waals surface area contributed by atoms with E-state index in [2.05, 4.69) is 52.7 Å². The molecule has 5 rings (SSSR count). The van der Waals surface area contributed by atoms with Crippen LogP contribution in [0.4, 0.5) is 0 Å². The van der Waals surface area contributed by atoms with Gasteiger partial charge in [-0.2, -0.15) is 0 Å². The van der Waals surface area contributed by atoms with Crippen molar-refractivity contribution in [2.24, 2.45) is 11.8 Å². The molecule has 1 aliphatic heterocycles. The van der Waals surface area contributed by atoms with Gasteiger partial charge in [0, 0.05) is 32.6 Å². The Labute approximate surface area is 173 Å². The molecule has 3 aliphatic rings. The van der Waals surface area contributed by atoms with Gasteiger partial charge in [-0.1, -0.05) is 36.4 Å². The molecule has 2 aromatic carbocycles. The van der Waals surface area contributed by atoms with Crippen LogP contribution in [-0.2, 0) is 4.79 Å². The molecule has 28 heavy (non-hydrogen) atoms. The Morgan fingerprint density at radius 2 is 1.86 bits per heavy atom. The van der Waals surface area contributed by atoms with Crippen LogP contribution in [0.15, 0.2) is 48.0 Å². The molecule has 1 N–H and O–H groups in total. The molecule has 0 radical (unpaired) electrons. The molecule has 1 heterocycles. The third-order valence-electron chi connectivity index (χ3n) is 6.81. The van der Waals surface area contributed by atoms with Crippen LogP contribution in [-0.4, -0.2) is 36.5 Å². The van der Waals surface area contributed by atoms with Gasteiger partial charge in [0.2, 0.25) is 5.91 Å². The number of benzene rings is 2. The Hall–Kier alpha value is -1.84. The fourth-order valence-corrected chi connectivity index (χ4v) is 5.66. The maximum absolute atomic E-state index is 11.4. The van der Waals surface area contributed by atoms with E-state index in [9.17, 15) is 4.79 Å². The maximum atomic E-state index is 11.4. The number of rotatable bonds is 4. The van der Waals surface area contributed by atoms with E-state index < -0.39 is 0 Å². The lowest BCUT2D eigenvalue weighted by molar-refractivity contribution is -0.119. The summed E-state index contributed by atoms with van der Waals surface area (Å²) in [5.74, 6) is 1.62. The first kappa shape index (κ1) is 19.5. The minimum Gasteiger partial charge on any atom is -0.352 e. The normalized spacial score (nSPS) is 26.7. The average molecular weight is 397 g/mol. The Kier molecular flexibility index (Phi) is 5.48. The monoisotopic (exact) mass is 396 g/mol. The van der Waals surface area contributed by atoms with E-state index in [0.29, 0.717) is 6.04 Å². The quantitative estimate of drug-likeness (QED) is 0.815. The van der Waals surface area contributed by atoms with E-state index in [1.807, 2.05) is 0 Å². The predicted molar refractivity (Wildman–Crippen MR) is 118 cm³/mol. The Bertz CT molecular complexity index is 922. The summed E-state index contributed by atoms with van der Waals surface area (Å²) < 4.78 is 0. The molecular weight excluding hydrogens is 368 g/mol. The number of carbonyl (C=O) groups excluding carboxylic acids is 1. The first-order valence-corrected chi connectivity index (χ1v) is 10.4. The van der Waals surface area contributed by atoms with Crippen molar-refractivity contribution in [1.29, 1.82) is 0 Å². The van der Waals surface area contributed by atoms with Crippen molar-refractivity contribution in [2.45, 2.75) is 38.6 Å². The van der Waals surface area contributed by atoms with E-state index in [-0.39, 0.29) is 18.3 Å². The summed E-state index contributed by atoms with van der Waals surface area (Å²) in [4.78, 5) is 13.9. The van der Waals surface area contributed by atoms with Crippen LogP contribution in [0.5, 0.6) is 0 Å². The van der Waals surface area contributed by atoms with Gasteiger partial charge in [0.25, 0.3) is 0 Å². The molecule has 2 unspecified atom stereocenters. The van der Waals surface area contributed by atoms with Crippen LogP contribution >= 0.6 is 12.4 Å². The largest absolute Gasteiger partial charge is 0.352 e. The number of fused-ring (bicyclic) bond motifs is 3. The number of hydrogen-bond donors (Lipinski definition) is 1. The summed E-state index contributed by atoms with van der Waals surface area (Å²) in [6.45, 7) is 4.79. The van der Waals surface area contributed by atoms with Crippen LogP contribution in [0.25, 0.3) is 16.3 Å². The summed E-state index contributed by atoms with van der Waals surface area (Å²) in [5, 5.41) is 5.76. The second kappa shape index (κ2) is 7.88. The fraction of sp³-hybridized carbons (Fsp3) is 0.458. The standard InChI is InChI=1S/C24H28N2O.ClH/c1-16(27)25-22-10-11-26(14-22)15-23-19-7-9-21(13-19)24(23)20-8-6-17-4-2-3-5-18(17)12-20;/h2-6,8,12,19,21-22H,7,9-11,13-15H2,1H3,(H,25,27);1H/t19?,21?,22-;/m0./s1. The van der Waals surface area contributed by atoms with Crippen molar-refractivity contribution in [1.82, 2.24) is 10.2 Å². The summed E-state index contributed by atoms with van der Waals surface area (Å²) in [5.41, 5.74) is 4.76. The minimum atomic E-state index is 0. The Morgan fingerprint density at radius 3 is 2.68 bits per heavy atom. The SMILES string of the molecule is CC(=O)N[C@H]1CCN(CC2=C(c3ccc4ccccc4c3)C3CCC2C3)C1.Cl. The molecule has 2 fully saturated rings. The van der Waals surface area contributed by atoms with E-state index in [4.69, 9.17) is 0 Å². The third kappa shape index (κ3) is 3.58. The highest BCUT2D eigenvalue weighted by atomic mass is 35.5. The smallest absolute Gasteiger partial charge is 0.217 e. The third-order valence-corrected chi connectivity index (χ3v) is 6.81. The van der Waals surface area contributed by atoms with Gasteiger partial charge in [0.15, 0.2) is 0 Å². The second-order valence-electron chi connectivity index (χ2n) is 8.63. The van der Waals surface area contributed by atoms with Crippen molar-refractivity contribution in [3.05, 3.63) is 53.6 Å². The molecule has 1 amide bonds. The highest BCUT2D eigenvalue weighted by Crippen LogP contribution is 2.52. The number of nitrogens with zero attached hydrogens (tertiary/aromatic N) is 1. The van der Waals surface area contributed by atoms with Gasteiger partial charge in [0.05, 0.1) is 0 Å². The number of hydrogen-bond acceptors (Lipinski definition) is 2. The minimum absolute atomic E-state index is 0. The molecule has 0 aromatic heterocycles. The number of amides is 1. The molecule has 1 saturated heterocycles. The lowest BCUT2D eigenvalue weighted by Gasteiger charge is -2.25. The Balaban J connectivity index is 0.00000192. The molecule has 2 aliphatic carbocycles. The summed E-state index contributed by atoms with van der Waals surface area (Å²) in [6.07, 6.45) is 5.14. The zero-order chi connectivity index (χ0) is 18.4. The van der Waals surface area contributed by atoms with Crippen molar-refractivity contribution >= 4 is 34.7 Å². The summed E-state index contributed by atoms with van der Waals surface area (Å²) in [6, 6.07) is 16.0. The molecule has 3 atom stereocenters. The first-order chi connectivity index (χ1) is 13.2. The van der Waals surface area contributed by atoms with Gasteiger partial charge < -0.3 is 5.32 Å². The average Bonchev–Trinajstić information content (AvgIpc) is 3.38. The number of halogens is 1. The van der Waals surface area contributed by atoms with E-state index >= 15 is 0 Å². The molecular formula is C24H29ClN2O. The van der Waals surface area contributed by atoms with Gasteiger partial charge in [0.1, 0.15) is 0 Å². The molecule has 1 saturated carbocycles. The summed E-state index contributed by atoms with van der Waals surface area (Å²) >= 11 is 0. The number of carbonyl (C=O) groups is 1. The van der Waals surface area contributed by atoms with Crippen molar-refractivity contribution in [2.75, 3.05) is 19.6 Å². The van der Waals surface area contributed by atoms with E-state index in [1.54, 1.807) is 18.1 Å². The molecule has 2 bridgehead atoms. The number of likely N-dealkylation sites (tertiary alicyclic amines) is 1. The van der Waals surface area contributed by atoms with E-state index in [0.717, 1.165) is 37.9 Å². The van der Waals surface area contributed by atoms with Gasteiger partial charge in [-0.05, 0) is 71.1 Å². The van der Waals surface area contributed by atoms with Crippen molar-refractivity contribution in [3.63, 3.8) is 0 Å². The summed E-state index contributed by atoms with van der Waals surface area (Å²) in [7, 11) is 0. The zero-order valence-corrected chi connectivity index (χ0v) is 17.3. The molecule has 2 aromatic rings. The van der Waals surface area contributed by atoms with Crippen LogP contribution < -0.4 is 5.32 Å². The van der Waals surface area contributed by atoms with Crippen LogP contribution in [0.1, 0.15) is 38.2 Å². The number of allylic oxidation sites excluding steroid dienone is 1. The molecule has 3 nitrogen and oxygen atoms in total. The van der Waals surface area contributed by atoms with Gasteiger partial charge in [-0.15, -0.1) is 12.4 Å². The fourth-order valence-electron chi connectivity index (χ4n) is 5.66. The van der Waals surface area contributed by atoms with Gasteiger partial charge >= 0.3 is 0 Å². The zero-order valence-electron chi connectivity index (χ0n) is 16.5. The van der Waals surface area contributed by atoms with Crippen LogP contribution in [0.2, 0.25) is 0 Å². The van der Waals surface area contributed by atoms with Gasteiger partial charge in [-0.3, -0.25) is 9.69 Å². The van der Waals surface area contributed by atoms with Gasteiger partial charge in [-0.25, -0.2) is 0 Å². The van der Waals surface area contributed by atoms with Crippen molar-refractivity contribution < 1.29 is 4.79 Å². The first-order valence-electron chi connectivity index (χ1n) is 10.4. The number of nitrogens with one attached hydrogen (secondary N) is 1. The van der Waals surface area contributed by atoms with Crippen LogP contribution in [0.3, 0.4) is 0 Å². The molecule has 4 heteroatoms. The molecule has 0 spiro atoms. The Morgan fingerprint density at radius 1 is 1.07 bits per heavy atom. The van der Waals surface area contributed by atoms with E-state index in [1.165, 1.54) is 35.6 Å². The highest BCUT2D eigenvalue weighted by molar-refractivity contribution is 5.87. The van der Waals surface area contributed by atoms with Crippen molar-refractivity contribution in [3.8, 4) is 0 Å². The molecule has 148 valence electrons. The highest BCUT2D eigenvalue weighted by Gasteiger charge is 2.40. The predicted octanol–water partition coefficient (Wildman–Crippen LogP) is 4.66.